The van der Waals surface area contributed by atoms with E-state index >= 15 is 0 Å². The Morgan fingerprint density at radius 2 is 1.79 bits per heavy atom. The first-order valence-corrected chi connectivity index (χ1v) is 9.21. The molecule has 3 atom stereocenters. The van der Waals surface area contributed by atoms with Crippen LogP contribution in [0.4, 0.5) is 0 Å². The molecular weight excluding hydrogens is 376 g/mol. The van der Waals surface area contributed by atoms with E-state index in [1.54, 1.807) is 26.4 Å². The zero-order valence-corrected chi connectivity index (χ0v) is 16.6. The molecule has 3 rings (SSSR count). The van der Waals surface area contributed by atoms with Gasteiger partial charge >= 0.3 is 11.9 Å². The van der Waals surface area contributed by atoms with Crippen molar-refractivity contribution in [3.05, 3.63) is 59.7 Å². The molecule has 7 nitrogen and oxygen atoms in total. The molecule has 0 N–H and O–H groups in total. The molecule has 1 aliphatic heterocycles. The second kappa shape index (κ2) is 9.43. The summed E-state index contributed by atoms with van der Waals surface area (Å²) in [6, 6.07) is 15.0. The van der Waals surface area contributed by atoms with Gasteiger partial charge in [0.05, 0.1) is 40.6 Å². The van der Waals surface area contributed by atoms with E-state index in [2.05, 4.69) is 0 Å². The molecule has 1 aliphatic rings. The van der Waals surface area contributed by atoms with E-state index in [0.29, 0.717) is 18.1 Å². The van der Waals surface area contributed by atoms with Crippen molar-refractivity contribution >= 4 is 11.9 Å². The molecule has 3 unspecified atom stereocenters. The normalized spacial score (nSPS) is 19.3. The Morgan fingerprint density at radius 1 is 1.07 bits per heavy atom. The van der Waals surface area contributed by atoms with Gasteiger partial charge in [0.15, 0.2) is 17.4 Å². The van der Waals surface area contributed by atoms with Gasteiger partial charge in [0.2, 0.25) is 0 Å². The molecule has 0 amide bonds. The summed E-state index contributed by atoms with van der Waals surface area (Å²) < 4.78 is 26.9. The Morgan fingerprint density at radius 3 is 2.45 bits per heavy atom. The number of hydrogen-bond donors (Lipinski definition) is 0. The molecule has 1 fully saturated rings. The molecule has 0 spiro atoms. The molecule has 0 aromatic heterocycles. The highest BCUT2D eigenvalue weighted by atomic mass is 16.6. The molecule has 0 saturated carbocycles. The summed E-state index contributed by atoms with van der Waals surface area (Å²) in [7, 11) is 4.35. The van der Waals surface area contributed by atoms with Gasteiger partial charge in [-0.05, 0) is 23.3 Å². The third kappa shape index (κ3) is 4.51. The largest absolute Gasteiger partial charge is 0.493 e. The standard InChI is InChI=1S/C22H24O7/c1-25-17-10-9-15(11-18(17)26-2)20(28-12-14-7-5-4-6-8-14)16-13-29-22(24)19(16)21(23)27-3/h4-11,16,19-20H,12-13H2,1-3H3. The first kappa shape index (κ1) is 20.7. The van der Waals surface area contributed by atoms with E-state index in [9.17, 15) is 9.59 Å². The topological polar surface area (TPSA) is 80.3 Å². The molecule has 7 heteroatoms. The van der Waals surface area contributed by atoms with Crippen molar-refractivity contribution in [2.24, 2.45) is 11.8 Å². The molecule has 0 aliphatic carbocycles. The molecule has 154 valence electrons. The van der Waals surface area contributed by atoms with Crippen LogP contribution in [0.5, 0.6) is 11.5 Å². The number of cyclic esters (lactones) is 1. The smallest absolute Gasteiger partial charge is 0.320 e. The third-order valence-corrected chi connectivity index (χ3v) is 4.95. The minimum Gasteiger partial charge on any atom is -0.493 e. The van der Waals surface area contributed by atoms with E-state index in [-0.39, 0.29) is 6.61 Å². The number of esters is 2. The lowest BCUT2D eigenvalue weighted by Gasteiger charge is -2.26. The first-order chi connectivity index (χ1) is 14.1. The molecule has 1 heterocycles. The quantitative estimate of drug-likeness (QED) is 0.498. The van der Waals surface area contributed by atoms with Crippen LogP contribution in [0, 0.1) is 11.8 Å². The van der Waals surface area contributed by atoms with Crippen molar-refractivity contribution in [1.29, 1.82) is 0 Å². The Balaban J connectivity index is 1.95. The fraction of sp³-hybridized carbons (Fsp3) is 0.364. The number of hydrogen-bond acceptors (Lipinski definition) is 7. The van der Waals surface area contributed by atoms with Gasteiger partial charge < -0.3 is 23.7 Å². The van der Waals surface area contributed by atoms with Crippen molar-refractivity contribution in [2.75, 3.05) is 27.9 Å². The molecule has 0 bridgehead atoms. The maximum Gasteiger partial charge on any atom is 0.320 e. The molecule has 0 radical (unpaired) electrons. The molecular formula is C22H24O7. The van der Waals surface area contributed by atoms with Crippen LogP contribution < -0.4 is 9.47 Å². The summed E-state index contributed by atoms with van der Waals surface area (Å²) in [5, 5.41) is 0. The lowest BCUT2D eigenvalue weighted by molar-refractivity contribution is -0.156. The van der Waals surface area contributed by atoms with Crippen molar-refractivity contribution in [1.82, 2.24) is 0 Å². The Kier molecular flexibility index (Phi) is 6.72. The number of ether oxygens (including phenoxy) is 5. The van der Waals surface area contributed by atoms with Gasteiger partial charge in [0, 0.05) is 5.92 Å². The van der Waals surface area contributed by atoms with Gasteiger partial charge in [-0.3, -0.25) is 9.59 Å². The van der Waals surface area contributed by atoms with Crippen LogP contribution in [-0.4, -0.2) is 39.9 Å². The van der Waals surface area contributed by atoms with Crippen molar-refractivity contribution in [2.45, 2.75) is 12.7 Å². The number of carbonyl (C=O) groups excluding carboxylic acids is 2. The zero-order chi connectivity index (χ0) is 20.8. The SMILES string of the molecule is COC(=O)C1C(=O)OCC1C(OCc1ccccc1)c1ccc(OC)c(OC)c1. The molecule has 2 aromatic carbocycles. The van der Waals surface area contributed by atoms with Gasteiger partial charge in [-0.25, -0.2) is 0 Å². The maximum atomic E-state index is 12.2. The van der Waals surface area contributed by atoms with Crippen LogP contribution in [0.25, 0.3) is 0 Å². The van der Waals surface area contributed by atoms with Crippen LogP contribution >= 0.6 is 0 Å². The van der Waals surface area contributed by atoms with Gasteiger partial charge in [-0.15, -0.1) is 0 Å². The maximum absolute atomic E-state index is 12.2. The van der Waals surface area contributed by atoms with Gasteiger partial charge in [0.1, 0.15) is 0 Å². The number of carbonyl (C=O) groups is 2. The van der Waals surface area contributed by atoms with Crippen LogP contribution in [0.1, 0.15) is 17.2 Å². The average Bonchev–Trinajstić information content (AvgIpc) is 3.15. The fourth-order valence-corrected chi connectivity index (χ4v) is 3.46. The van der Waals surface area contributed by atoms with Gasteiger partial charge in [-0.2, -0.15) is 0 Å². The van der Waals surface area contributed by atoms with Gasteiger partial charge in [0.25, 0.3) is 0 Å². The predicted molar refractivity (Wildman–Crippen MR) is 103 cm³/mol. The zero-order valence-electron chi connectivity index (χ0n) is 16.6. The summed E-state index contributed by atoms with van der Waals surface area (Å²) >= 11 is 0. The lowest BCUT2D eigenvalue weighted by Crippen LogP contribution is -2.31. The van der Waals surface area contributed by atoms with Crippen LogP contribution in [0.2, 0.25) is 0 Å². The summed E-state index contributed by atoms with van der Waals surface area (Å²) in [6.45, 7) is 0.366. The van der Waals surface area contributed by atoms with Crippen molar-refractivity contribution in [3.8, 4) is 11.5 Å². The highest BCUT2D eigenvalue weighted by Crippen LogP contribution is 2.40. The highest BCUT2D eigenvalue weighted by molar-refractivity contribution is 5.96. The molecule has 1 saturated heterocycles. The van der Waals surface area contributed by atoms with Crippen LogP contribution in [0.15, 0.2) is 48.5 Å². The van der Waals surface area contributed by atoms with E-state index < -0.39 is 29.9 Å². The summed E-state index contributed by atoms with van der Waals surface area (Å²) in [5.74, 6) is -1.72. The van der Waals surface area contributed by atoms with Crippen molar-refractivity contribution < 1.29 is 33.3 Å². The number of rotatable bonds is 8. The monoisotopic (exact) mass is 400 g/mol. The summed E-state index contributed by atoms with van der Waals surface area (Å²) in [6.07, 6.45) is -0.592. The third-order valence-electron chi connectivity index (χ3n) is 4.95. The minimum atomic E-state index is -1.05. The number of methoxy groups -OCH3 is 3. The minimum absolute atomic E-state index is 0.0619. The van der Waals surface area contributed by atoms with Gasteiger partial charge in [-0.1, -0.05) is 36.4 Å². The Labute approximate surface area is 169 Å². The number of benzene rings is 2. The summed E-state index contributed by atoms with van der Waals surface area (Å²) in [4.78, 5) is 24.4. The van der Waals surface area contributed by atoms with Crippen LogP contribution in [-0.2, 0) is 30.4 Å². The van der Waals surface area contributed by atoms with Crippen LogP contribution in [0.3, 0.4) is 0 Å². The fourth-order valence-electron chi connectivity index (χ4n) is 3.46. The second-order valence-corrected chi connectivity index (χ2v) is 6.63. The van der Waals surface area contributed by atoms with E-state index in [0.717, 1.165) is 11.1 Å². The van der Waals surface area contributed by atoms with E-state index in [4.69, 9.17) is 23.7 Å². The summed E-state index contributed by atoms with van der Waals surface area (Å²) in [5.41, 5.74) is 1.72. The average molecular weight is 400 g/mol. The predicted octanol–water partition coefficient (Wildman–Crippen LogP) is 2.92. The molecule has 2 aromatic rings. The second-order valence-electron chi connectivity index (χ2n) is 6.63. The Bertz CT molecular complexity index is 849. The van der Waals surface area contributed by atoms with E-state index in [1.807, 2.05) is 36.4 Å². The Hall–Kier alpha value is -3.06. The molecule has 29 heavy (non-hydrogen) atoms. The lowest BCUT2D eigenvalue weighted by atomic mass is 9.86. The first-order valence-electron chi connectivity index (χ1n) is 9.21. The highest BCUT2D eigenvalue weighted by Gasteiger charge is 2.48. The van der Waals surface area contributed by atoms with E-state index in [1.165, 1.54) is 7.11 Å². The van der Waals surface area contributed by atoms with Crippen molar-refractivity contribution in [3.63, 3.8) is 0 Å².